The maximum Gasteiger partial charge on any atom is 0.0551 e. The van der Waals surface area contributed by atoms with Crippen LogP contribution in [0.2, 0.25) is 0 Å². The van der Waals surface area contributed by atoms with Gasteiger partial charge in [0.05, 0.1) is 6.10 Å². The molecular formula is C9H19ClO. The van der Waals surface area contributed by atoms with E-state index in [1.165, 1.54) is 19.3 Å². The van der Waals surface area contributed by atoms with Crippen molar-refractivity contribution in [1.29, 1.82) is 0 Å². The molecule has 0 aliphatic carbocycles. The van der Waals surface area contributed by atoms with Crippen LogP contribution in [-0.4, -0.2) is 17.1 Å². The Morgan fingerprint density at radius 3 is 2.45 bits per heavy atom. The van der Waals surface area contributed by atoms with Gasteiger partial charge in [0.15, 0.2) is 0 Å². The molecule has 0 aromatic heterocycles. The molecule has 68 valence electrons. The molecule has 0 aliphatic rings. The number of aliphatic hydroxyl groups is 1. The van der Waals surface area contributed by atoms with Crippen molar-refractivity contribution in [1.82, 2.24) is 0 Å². The first-order chi connectivity index (χ1) is 5.31. The average Bonchev–Trinajstić information content (AvgIpc) is 1.99. The van der Waals surface area contributed by atoms with E-state index in [0.717, 1.165) is 19.3 Å². The summed E-state index contributed by atoms with van der Waals surface area (Å²) in [5, 5.41) is 9.26. The third-order valence-corrected chi connectivity index (χ3v) is 2.05. The van der Waals surface area contributed by atoms with Gasteiger partial charge in [-0.15, -0.1) is 11.6 Å². The number of halogens is 1. The van der Waals surface area contributed by atoms with E-state index in [-0.39, 0.29) is 6.10 Å². The Kier molecular flexibility index (Phi) is 8.54. The molecule has 0 aromatic rings. The topological polar surface area (TPSA) is 20.2 Å². The van der Waals surface area contributed by atoms with Gasteiger partial charge in [-0.1, -0.05) is 32.6 Å². The Morgan fingerprint density at radius 2 is 1.91 bits per heavy atom. The molecule has 0 heterocycles. The monoisotopic (exact) mass is 178 g/mol. The molecule has 11 heavy (non-hydrogen) atoms. The summed E-state index contributed by atoms with van der Waals surface area (Å²) in [5.41, 5.74) is 0. The predicted molar refractivity (Wildman–Crippen MR) is 50.1 cm³/mol. The number of hydrogen-bond donors (Lipinski definition) is 1. The quantitative estimate of drug-likeness (QED) is 0.470. The van der Waals surface area contributed by atoms with E-state index in [0.29, 0.717) is 5.88 Å². The largest absolute Gasteiger partial charge is 0.393 e. The van der Waals surface area contributed by atoms with E-state index in [1.54, 1.807) is 0 Å². The molecule has 1 N–H and O–H groups in total. The van der Waals surface area contributed by atoms with Crippen molar-refractivity contribution in [3.63, 3.8) is 0 Å². The molecule has 0 radical (unpaired) electrons. The van der Waals surface area contributed by atoms with Gasteiger partial charge >= 0.3 is 0 Å². The molecule has 0 aromatic carbocycles. The van der Waals surface area contributed by atoms with Crippen LogP contribution in [0.5, 0.6) is 0 Å². The molecular weight excluding hydrogens is 160 g/mol. The van der Waals surface area contributed by atoms with Gasteiger partial charge in [0.25, 0.3) is 0 Å². The van der Waals surface area contributed by atoms with Crippen molar-refractivity contribution in [3.8, 4) is 0 Å². The van der Waals surface area contributed by atoms with E-state index in [2.05, 4.69) is 6.92 Å². The maximum absolute atomic E-state index is 9.26. The molecule has 1 nitrogen and oxygen atoms in total. The molecule has 0 saturated carbocycles. The molecule has 0 rings (SSSR count). The number of rotatable bonds is 7. The van der Waals surface area contributed by atoms with Crippen molar-refractivity contribution < 1.29 is 5.11 Å². The fourth-order valence-electron chi connectivity index (χ4n) is 1.08. The Bertz CT molecular complexity index is 76.0. The van der Waals surface area contributed by atoms with Crippen LogP contribution in [0.15, 0.2) is 0 Å². The number of unbranched alkanes of at least 4 members (excludes halogenated alkanes) is 3. The molecule has 0 spiro atoms. The highest BCUT2D eigenvalue weighted by molar-refractivity contribution is 6.17. The van der Waals surface area contributed by atoms with Crippen molar-refractivity contribution >= 4 is 11.6 Å². The minimum atomic E-state index is -0.163. The van der Waals surface area contributed by atoms with Gasteiger partial charge < -0.3 is 5.11 Å². The summed E-state index contributed by atoms with van der Waals surface area (Å²) in [6, 6.07) is 0. The lowest BCUT2D eigenvalue weighted by molar-refractivity contribution is 0.157. The second-order valence-electron chi connectivity index (χ2n) is 2.98. The second kappa shape index (κ2) is 8.35. The Balaban J connectivity index is 2.97. The molecule has 0 amide bonds. The third-order valence-electron chi connectivity index (χ3n) is 1.83. The third kappa shape index (κ3) is 8.15. The van der Waals surface area contributed by atoms with Gasteiger partial charge in [0.1, 0.15) is 0 Å². The fourth-order valence-corrected chi connectivity index (χ4v) is 1.33. The van der Waals surface area contributed by atoms with Crippen molar-refractivity contribution in [2.45, 2.75) is 51.6 Å². The van der Waals surface area contributed by atoms with Gasteiger partial charge in [0.2, 0.25) is 0 Å². The van der Waals surface area contributed by atoms with Gasteiger partial charge in [-0.2, -0.15) is 0 Å². The molecule has 0 fully saturated rings. The summed E-state index contributed by atoms with van der Waals surface area (Å²) in [4.78, 5) is 0. The van der Waals surface area contributed by atoms with Crippen LogP contribution < -0.4 is 0 Å². The summed E-state index contributed by atoms with van der Waals surface area (Å²) in [5.74, 6) is 0.578. The molecule has 1 atom stereocenters. The summed E-state index contributed by atoms with van der Waals surface area (Å²) in [7, 11) is 0. The Hall–Kier alpha value is 0.250. The summed E-state index contributed by atoms with van der Waals surface area (Å²) in [6.45, 7) is 2.19. The lowest BCUT2D eigenvalue weighted by Crippen LogP contribution is -2.06. The SMILES string of the molecule is CCCCCCC(O)CCCl. The standard InChI is InChI=1S/C9H19ClO/c1-2-3-4-5-6-9(11)7-8-10/h9,11H,2-8H2,1H3. The van der Waals surface area contributed by atoms with Crippen LogP contribution in [-0.2, 0) is 0 Å². The fraction of sp³-hybridized carbons (Fsp3) is 1.00. The first-order valence-electron chi connectivity index (χ1n) is 4.55. The average molecular weight is 179 g/mol. The van der Waals surface area contributed by atoms with Gasteiger partial charge in [-0.3, -0.25) is 0 Å². The van der Waals surface area contributed by atoms with E-state index in [9.17, 15) is 5.11 Å². The molecule has 0 saturated heterocycles. The first kappa shape index (κ1) is 11.2. The minimum Gasteiger partial charge on any atom is -0.393 e. The van der Waals surface area contributed by atoms with Crippen LogP contribution in [0.4, 0.5) is 0 Å². The summed E-state index contributed by atoms with van der Waals surface area (Å²) in [6.07, 6.45) is 6.44. The smallest absolute Gasteiger partial charge is 0.0551 e. The molecule has 1 unspecified atom stereocenters. The van der Waals surface area contributed by atoms with Crippen molar-refractivity contribution in [2.24, 2.45) is 0 Å². The van der Waals surface area contributed by atoms with E-state index in [1.807, 2.05) is 0 Å². The molecule has 0 bridgehead atoms. The summed E-state index contributed by atoms with van der Waals surface area (Å²) >= 11 is 5.48. The van der Waals surface area contributed by atoms with E-state index in [4.69, 9.17) is 11.6 Å². The van der Waals surface area contributed by atoms with Gasteiger partial charge in [-0.05, 0) is 12.8 Å². The first-order valence-corrected chi connectivity index (χ1v) is 5.08. The highest BCUT2D eigenvalue weighted by Crippen LogP contribution is 2.07. The molecule has 0 aliphatic heterocycles. The zero-order chi connectivity index (χ0) is 8.53. The highest BCUT2D eigenvalue weighted by Gasteiger charge is 2.01. The van der Waals surface area contributed by atoms with Crippen LogP contribution in [0.25, 0.3) is 0 Å². The minimum absolute atomic E-state index is 0.163. The maximum atomic E-state index is 9.26. The van der Waals surface area contributed by atoms with E-state index < -0.39 is 0 Å². The lowest BCUT2D eigenvalue weighted by Gasteiger charge is -2.06. The van der Waals surface area contributed by atoms with Crippen LogP contribution in [0.3, 0.4) is 0 Å². The van der Waals surface area contributed by atoms with Gasteiger partial charge in [-0.25, -0.2) is 0 Å². The summed E-state index contributed by atoms with van der Waals surface area (Å²) < 4.78 is 0. The second-order valence-corrected chi connectivity index (χ2v) is 3.36. The molecule has 2 heteroatoms. The van der Waals surface area contributed by atoms with Crippen LogP contribution >= 0.6 is 11.6 Å². The van der Waals surface area contributed by atoms with Crippen LogP contribution in [0.1, 0.15) is 45.4 Å². The predicted octanol–water partition coefficient (Wildman–Crippen LogP) is 2.95. The zero-order valence-corrected chi connectivity index (χ0v) is 8.11. The number of hydrogen-bond acceptors (Lipinski definition) is 1. The number of aliphatic hydroxyl groups excluding tert-OH is 1. The number of alkyl halides is 1. The Labute approximate surface area is 74.8 Å². The Morgan fingerprint density at radius 1 is 1.18 bits per heavy atom. The zero-order valence-electron chi connectivity index (χ0n) is 7.35. The van der Waals surface area contributed by atoms with Crippen molar-refractivity contribution in [2.75, 3.05) is 5.88 Å². The highest BCUT2D eigenvalue weighted by atomic mass is 35.5. The van der Waals surface area contributed by atoms with Gasteiger partial charge in [0, 0.05) is 5.88 Å². The normalized spacial score (nSPS) is 13.4. The van der Waals surface area contributed by atoms with Crippen molar-refractivity contribution in [3.05, 3.63) is 0 Å². The lowest BCUT2D eigenvalue weighted by atomic mass is 10.1. The van der Waals surface area contributed by atoms with E-state index >= 15 is 0 Å². The van der Waals surface area contributed by atoms with Crippen LogP contribution in [0, 0.1) is 0 Å².